The fraction of sp³-hybridized carbons (Fsp3) is 0.667. The maximum atomic E-state index is 8.47. The van der Waals surface area contributed by atoms with Crippen LogP contribution >= 0.6 is 0 Å². The normalized spacial score (nSPS) is 23.9. The first-order chi connectivity index (χ1) is 12.8. The van der Waals surface area contributed by atoms with E-state index in [2.05, 4.69) is 30.0 Å². The zero-order valence-electron chi connectivity index (χ0n) is 17.1. The van der Waals surface area contributed by atoms with Crippen LogP contribution in [0.2, 0.25) is 0 Å². The van der Waals surface area contributed by atoms with Crippen molar-refractivity contribution in [3.63, 3.8) is 0 Å². The van der Waals surface area contributed by atoms with E-state index < -0.39 is 0 Å². The van der Waals surface area contributed by atoms with Crippen molar-refractivity contribution in [3.05, 3.63) is 23.2 Å². The lowest BCUT2D eigenvalue weighted by atomic mass is 10.00. The maximum absolute atomic E-state index is 8.47. The highest BCUT2D eigenvalue weighted by atomic mass is 16.5. The summed E-state index contributed by atoms with van der Waals surface area (Å²) in [6.45, 7) is 8.48. The molecule has 0 aromatic heterocycles. The van der Waals surface area contributed by atoms with Gasteiger partial charge in [-0.25, -0.2) is 0 Å². The Morgan fingerprint density at radius 1 is 1.56 bits per heavy atom. The maximum Gasteiger partial charge on any atom is 0.103 e. The summed E-state index contributed by atoms with van der Waals surface area (Å²) in [6, 6.07) is 0.267. The molecule has 2 atom stereocenters. The molecule has 0 radical (unpaired) electrons. The van der Waals surface area contributed by atoms with E-state index >= 15 is 0 Å². The fourth-order valence-corrected chi connectivity index (χ4v) is 3.38. The topological polar surface area (TPSA) is 83.6 Å². The molecule has 2 aliphatic rings. The van der Waals surface area contributed by atoms with Crippen molar-refractivity contribution in [2.24, 2.45) is 5.73 Å². The molecule has 0 aromatic carbocycles. The molecule has 150 valence electrons. The number of ether oxygens (including phenoxy) is 2. The Bertz CT molecular complexity index is 643. The summed E-state index contributed by atoms with van der Waals surface area (Å²) in [4.78, 5) is 2.23. The van der Waals surface area contributed by atoms with Crippen LogP contribution < -0.4 is 11.1 Å². The molecule has 1 heterocycles. The molecule has 2 fully saturated rings. The van der Waals surface area contributed by atoms with Crippen molar-refractivity contribution >= 4 is 5.71 Å². The zero-order valence-corrected chi connectivity index (χ0v) is 17.1. The van der Waals surface area contributed by atoms with Crippen LogP contribution in [-0.2, 0) is 9.47 Å². The standard InChI is InChI=1S/C21H34N4O2/c1-6-19(23)17(11-16(3)27-21(4)7-8-21)12-18(22)13-20(24-5)25-9-10-26-14-15(25)2/h1,13,15-16,22,24H,7-12,14,23H2,2-5H3/b19-17-,20-13+,22-18?. The van der Waals surface area contributed by atoms with Crippen LogP contribution in [0, 0.1) is 17.8 Å². The third-order valence-corrected chi connectivity index (χ3v) is 5.16. The Balaban J connectivity index is 2.04. The van der Waals surface area contributed by atoms with Gasteiger partial charge in [-0.15, -0.1) is 6.42 Å². The summed E-state index contributed by atoms with van der Waals surface area (Å²) in [5, 5.41) is 11.7. The number of hydrogen-bond acceptors (Lipinski definition) is 6. The van der Waals surface area contributed by atoms with Crippen LogP contribution in [0.15, 0.2) is 23.2 Å². The van der Waals surface area contributed by atoms with Crippen LogP contribution in [0.25, 0.3) is 0 Å². The Labute approximate surface area is 163 Å². The second kappa shape index (κ2) is 9.29. The van der Waals surface area contributed by atoms with E-state index in [4.69, 9.17) is 27.0 Å². The van der Waals surface area contributed by atoms with Gasteiger partial charge in [0.05, 0.1) is 36.7 Å². The Kier molecular flexibility index (Phi) is 7.34. The highest BCUT2D eigenvalue weighted by Crippen LogP contribution is 2.40. The highest BCUT2D eigenvalue weighted by molar-refractivity contribution is 5.94. The summed E-state index contributed by atoms with van der Waals surface area (Å²) in [5.41, 5.74) is 7.83. The zero-order chi connectivity index (χ0) is 20.0. The average Bonchev–Trinajstić information content (AvgIpc) is 3.35. The molecular formula is C21H34N4O2. The number of nitrogens with two attached hydrogens (primary N) is 1. The lowest BCUT2D eigenvalue weighted by Gasteiger charge is -2.36. The molecule has 2 unspecified atom stereocenters. The van der Waals surface area contributed by atoms with Gasteiger partial charge in [0, 0.05) is 25.7 Å². The van der Waals surface area contributed by atoms with Crippen LogP contribution in [0.5, 0.6) is 0 Å². The van der Waals surface area contributed by atoms with Crippen molar-refractivity contribution in [1.29, 1.82) is 5.41 Å². The monoisotopic (exact) mass is 374 g/mol. The van der Waals surface area contributed by atoms with Crippen molar-refractivity contribution in [2.75, 3.05) is 26.8 Å². The molecule has 1 saturated carbocycles. The van der Waals surface area contributed by atoms with Crippen LogP contribution in [-0.4, -0.2) is 55.2 Å². The number of hydrogen-bond donors (Lipinski definition) is 3. The van der Waals surface area contributed by atoms with E-state index in [1.807, 2.05) is 20.0 Å². The minimum atomic E-state index is 0.00855. The summed E-state index contributed by atoms with van der Waals surface area (Å²) < 4.78 is 11.6. The molecule has 0 amide bonds. The Hall–Kier alpha value is -1.97. The molecule has 0 spiro atoms. The van der Waals surface area contributed by atoms with Gasteiger partial charge < -0.3 is 30.8 Å². The number of rotatable bonds is 9. The lowest BCUT2D eigenvalue weighted by molar-refractivity contribution is -0.00884. The molecule has 6 heteroatoms. The summed E-state index contributed by atoms with van der Waals surface area (Å²) in [6.07, 6.45) is 10.7. The van der Waals surface area contributed by atoms with E-state index in [1.54, 1.807) is 0 Å². The first-order valence-corrected chi connectivity index (χ1v) is 9.71. The molecular weight excluding hydrogens is 340 g/mol. The van der Waals surface area contributed by atoms with Gasteiger partial charge in [-0.2, -0.15) is 0 Å². The molecule has 1 aliphatic heterocycles. The second-order valence-corrected chi connectivity index (χ2v) is 7.84. The number of morpholine rings is 1. The third kappa shape index (κ3) is 6.30. The molecule has 1 aliphatic carbocycles. The molecule has 27 heavy (non-hydrogen) atoms. The fourth-order valence-electron chi connectivity index (χ4n) is 3.38. The van der Waals surface area contributed by atoms with Crippen molar-refractivity contribution in [2.45, 2.75) is 64.2 Å². The van der Waals surface area contributed by atoms with Crippen LogP contribution in [0.3, 0.4) is 0 Å². The highest BCUT2D eigenvalue weighted by Gasteiger charge is 2.40. The molecule has 4 N–H and O–H groups in total. The largest absolute Gasteiger partial charge is 0.392 e. The van der Waals surface area contributed by atoms with Gasteiger partial charge in [-0.3, -0.25) is 0 Å². The summed E-state index contributed by atoms with van der Waals surface area (Å²) >= 11 is 0. The number of allylic oxidation sites excluding steroid dienone is 2. The van der Waals surface area contributed by atoms with Gasteiger partial charge >= 0.3 is 0 Å². The van der Waals surface area contributed by atoms with E-state index in [-0.39, 0.29) is 17.7 Å². The van der Waals surface area contributed by atoms with Gasteiger partial charge in [0.2, 0.25) is 0 Å². The minimum Gasteiger partial charge on any atom is -0.392 e. The number of terminal acetylenes is 1. The van der Waals surface area contributed by atoms with Gasteiger partial charge in [-0.05, 0) is 51.7 Å². The van der Waals surface area contributed by atoms with Gasteiger partial charge in [0.15, 0.2) is 0 Å². The average molecular weight is 375 g/mol. The molecule has 1 saturated heterocycles. The van der Waals surface area contributed by atoms with Crippen LogP contribution in [0.1, 0.15) is 46.5 Å². The quantitative estimate of drug-likeness (QED) is 0.426. The Morgan fingerprint density at radius 3 is 2.81 bits per heavy atom. The molecule has 2 rings (SSSR count). The van der Waals surface area contributed by atoms with Gasteiger partial charge in [-0.1, -0.05) is 5.92 Å². The molecule has 6 nitrogen and oxygen atoms in total. The van der Waals surface area contributed by atoms with Crippen molar-refractivity contribution in [1.82, 2.24) is 10.2 Å². The first kappa shape index (κ1) is 21.3. The molecule has 0 bridgehead atoms. The van der Waals surface area contributed by atoms with E-state index in [1.165, 1.54) is 0 Å². The predicted molar refractivity (Wildman–Crippen MR) is 109 cm³/mol. The van der Waals surface area contributed by atoms with Gasteiger partial charge in [0.25, 0.3) is 0 Å². The first-order valence-electron chi connectivity index (χ1n) is 9.71. The minimum absolute atomic E-state index is 0.00855. The van der Waals surface area contributed by atoms with E-state index in [0.29, 0.717) is 37.5 Å². The summed E-state index contributed by atoms with van der Waals surface area (Å²) in [5.74, 6) is 3.45. The SMILES string of the molecule is C#C/C(N)=C(/CC(=N)/C=C(\NC)N1CCOCC1C)CC(C)OC1(C)CC1. The Morgan fingerprint density at radius 2 is 2.26 bits per heavy atom. The van der Waals surface area contributed by atoms with E-state index in [0.717, 1.165) is 30.8 Å². The number of nitrogens with one attached hydrogen (secondary N) is 2. The third-order valence-electron chi connectivity index (χ3n) is 5.16. The van der Waals surface area contributed by atoms with Crippen LogP contribution in [0.4, 0.5) is 0 Å². The smallest absolute Gasteiger partial charge is 0.103 e. The van der Waals surface area contributed by atoms with Gasteiger partial charge in [0.1, 0.15) is 5.82 Å². The molecule has 0 aromatic rings. The van der Waals surface area contributed by atoms with Crippen molar-refractivity contribution < 1.29 is 9.47 Å². The van der Waals surface area contributed by atoms with E-state index in [9.17, 15) is 0 Å². The lowest BCUT2D eigenvalue weighted by Crippen LogP contribution is -2.45. The second-order valence-electron chi connectivity index (χ2n) is 7.84. The number of nitrogens with zero attached hydrogens (tertiary/aromatic N) is 1. The van der Waals surface area contributed by atoms with Crippen molar-refractivity contribution in [3.8, 4) is 12.3 Å². The summed E-state index contributed by atoms with van der Waals surface area (Å²) in [7, 11) is 1.88. The predicted octanol–water partition coefficient (Wildman–Crippen LogP) is 2.37.